The Hall–Kier alpha value is -1.74. The molecule has 0 saturated heterocycles. The van der Waals surface area contributed by atoms with Crippen LogP contribution in [0.2, 0.25) is 0 Å². The smallest absolute Gasteiger partial charge is 0.0774 e. The molecule has 0 saturated carbocycles. The fourth-order valence-electron chi connectivity index (χ4n) is 1.35. The van der Waals surface area contributed by atoms with Crippen LogP contribution < -0.4 is 0 Å². The van der Waals surface area contributed by atoms with Gasteiger partial charge in [0.15, 0.2) is 0 Å². The molecule has 12 heavy (non-hydrogen) atoms. The summed E-state index contributed by atoms with van der Waals surface area (Å²) in [7, 11) is 0. The molecule has 2 aromatic carbocycles. The molecule has 0 amide bonds. The lowest BCUT2D eigenvalue weighted by molar-refractivity contribution is 1.77. The van der Waals surface area contributed by atoms with Crippen LogP contribution in [0.4, 0.5) is 0 Å². The molecule has 0 heteroatoms. The van der Waals surface area contributed by atoms with Gasteiger partial charge in [-0.3, -0.25) is 12.5 Å². The molecule has 0 atom stereocenters. The second-order valence-electron chi connectivity index (χ2n) is 2.67. The van der Waals surface area contributed by atoms with E-state index in [0.717, 1.165) is 11.1 Å². The second kappa shape index (κ2) is 2.71. The first-order chi connectivity index (χ1) is 5.92. The molecule has 0 radical (unpaired) electrons. The van der Waals surface area contributed by atoms with Gasteiger partial charge in [-0.15, -0.1) is 23.3 Å². The molecule has 0 bridgehead atoms. The van der Waals surface area contributed by atoms with Crippen molar-refractivity contribution in [1.29, 1.82) is 0 Å². The van der Waals surface area contributed by atoms with Crippen molar-refractivity contribution in [2.75, 3.05) is 0 Å². The van der Waals surface area contributed by atoms with Crippen LogP contribution in [0.25, 0.3) is 11.1 Å². The molecule has 0 aliphatic heterocycles. The van der Waals surface area contributed by atoms with E-state index in [1.54, 1.807) is 0 Å². The van der Waals surface area contributed by atoms with Crippen molar-refractivity contribution >= 4 is 0 Å². The fraction of sp³-hybridized carbons (Fsp3) is 0. The predicted octanol–water partition coefficient (Wildman–Crippen LogP) is 2.77. The number of hydrogen-bond acceptors (Lipinski definition) is 0. The molecule has 2 aromatic rings. The zero-order valence-corrected chi connectivity index (χ0v) is 6.62. The van der Waals surface area contributed by atoms with E-state index in [0.29, 0.717) is 0 Å². The van der Waals surface area contributed by atoms with Crippen LogP contribution in [0.3, 0.4) is 0 Å². The van der Waals surface area contributed by atoms with Crippen molar-refractivity contribution in [1.82, 2.24) is 0 Å². The van der Waals surface area contributed by atoms with E-state index in [9.17, 15) is 0 Å². The van der Waals surface area contributed by atoms with Crippen LogP contribution in [0.15, 0.2) is 42.5 Å². The number of hydrogen-bond donors (Lipinski definition) is 0. The standard InChI is InChI=1S/C12H8/c1-2-10-8-5-9-12(10)11-6-3-4-7-11/h1,3-9H/q-2. The summed E-state index contributed by atoms with van der Waals surface area (Å²) in [5.41, 5.74) is 3.33. The lowest BCUT2D eigenvalue weighted by Gasteiger charge is -2.09. The van der Waals surface area contributed by atoms with Crippen molar-refractivity contribution in [3.8, 4) is 23.5 Å². The molecule has 0 unspecified atom stereocenters. The Balaban J connectivity index is 2.55. The molecule has 0 nitrogen and oxygen atoms in total. The SMILES string of the molecule is C#C[c-]1cccc1-[c-]1cccc1. The molecule has 0 N–H and O–H groups in total. The van der Waals surface area contributed by atoms with Crippen LogP contribution in [-0.4, -0.2) is 0 Å². The minimum Gasteiger partial charge on any atom is -0.297 e. The highest BCUT2D eigenvalue weighted by Gasteiger charge is 1.86. The van der Waals surface area contributed by atoms with Gasteiger partial charge in [0.2, 0.25) is 0 Å². The van der Waals surface area contributed by atoms with Crippen LogP contribution >= 0.6 is 0 Å². The zero-order valence-electron chi connectivity index (χ0n) is 6.62. The van der Waals surface area contributed by atoms with Gasteiger partial charge in [0.05, 0.1) is 0 Å². The van der Waals surface area contributed by atoms with Gasteiger partial charge in [-0.2, -0.15) is 6.07 Å². The minimum absolute atomic E-state index is 0.973. The maximum absolute atomic E-state index is 5.35. The lowest BCUT2D eigenvalue weighted by Crippen LogP contribution is -1.72. The maximum atomic E-state index is 5.35. The first-order valence-electron chi connectivity index (χ1n) is 3.86. The number of terminal acetylenes is 1. The zero-order chi connectivity index (χ0) is 8.39. The first kappa shape index (κ1) is 6.94. The third-order valence-corrected chi connectivity index (χ3v) is 1.95. The highest BCUT2D eigenvalue weighted by atomic mass is 14.0. The topological polar surface area (TPSA) is 0 Å². The third kappa shape index (κ3) is 0.963. The second-order valence-corrected chi connectivity index (χ2v) is 2.67. The van der Waals surface area contributed by atoms with E-state index >= 15 is 0 Å². The monoisotopic (exact) mass is 152 g/mol. The van der Waals surface area contributed by atoms with Crippen LogP contribution in [0, 0.1) is 12.3 Å². The summed E-state index contributed by atoms with van der Waals surface area (Å²) in [6, 6.07) is 14.2. The molecule has 0 aliphatic carbocycles. The van der Waals surface area contributed by atoms with E-state index in [4.69, 9.17) is 6.42 Å². The summed E-state index contributed by atoms with van der Waals surface area (Å²) in [5.74, 6) is 2.66. The quantitative estimate of drug-likeness (QED) is 0.435. The summed E-state index contributed by atoms with van der Waals surface area (Å²) < 4.78 is 0. The van der Waals surface area contributed by atoms with Crippen LogP contribution in [0.1, 0.15) is 5.56 Å². The molecule has 58 valence electrons. The molecule has 0 heterocycles. The fourth-order valence-corrected chi connectivity index (χ4v) is 1.35. The predicted molar refractivity (Wildman–Crippen MR) is 51.0 cm³/mol. The van der Waals surface area contributed by atoms with Gasteiger partial charge in [-0.05, 0) is 0 Å². The maximum Gasteiger partial charge on any atom is -0.0774 e. The average Bonchev–Trinajstić information content (AvgIpc) is 2.74. The molecule has 0 aliphatic rings. The molecule has 0 spiro atoms. The molecular weight excluding hydrogens is 144 g/mol. The van der Waals surface area contributed by atoms with Crippen molar-refractivity contribution in [2.24, 2.45) is 0 Å². The Bertz CT molecular complexity index is 393. The summed E-state index contributed by atoms with van der Waals surface area (Å²) in [5, 5.41) is 0. The third-order valence-electron chi connectivity index (χ3n) is 1.95. The minimum atomic E-state index is 0.973. The lowest BCUT2D eigenvalue weighted by atomic mass is 10.1. The van der Waals surface area contributed by atoms with Gasteiger partial charge in [-0.25, -0.2) is 17.6 Å². The van der Waals surface area contributed by atoms with E-state index in [-0.39, 0.29) is 0 Å². The Labute approximate surface area is 72.2 Å². The summed E-state index contributed by atoms with van der Waals surface area (Å²) in [6.45, 7) is 0. The summed E-state index contributed by atoms with van der Waals surface area (Å²) in [4.78, 5) is 0. The van der Waals surface area contributed by atoms with Gasteiger partial charge in [0.25, 0.3) is 0 Å². The van der Waals surface area contributed by atoms with Crippen LogP contribution in [-0.2, 0) is 0 Å². The van der Waals surface area contributed by atoms with Crippen molar-refractivity contribution in [3.05, 3.63) is 48.0 Å². The highest BCUT2D eigenvalue weighted by Crippen LogP contribution is 2.24. The van der Waals surface area contributed by atoms with Gasteiger partial charge >= 0.3 is 0 Å². The normalized spacial score (nSPS) is 9.58. The van der Waals surface area contributed by atoms with Crippen molar-refractivity contribution in [2.45, 2.75) is 0 Å². The Kier molecular flexibility index (Phi) is 1.57. The van der Waals surface area contributed by atoms with Crippen LogP contribution in [0.5, 0.6) is 0 Å². The van der Waals surface area contributed by atoms with Crippen molar-refractivity contribution in [3.63, 3.8) is 0 Å². The van der Waals surface area contributed by atoms with E-state index < -0.39 is 0 Å². The largest absolute Gasteiger partial charge is 0.297 e. The molecule has 0 fully saturated rings. The van der Waals surface area contributed by atoms with Gasteiger partial charge in [0, 0.05) is 0 Å². The van der Waals surface area contributed by atoms with E-state index in [1.807, 2.05) is 30.3 Å². The van der Waals surface area contributed by atoms with Gasteiger partial charge in [-0.1, -0.05) is 12.1 Å². The molecular formula is C12H8-2. The Morgan fingerprint density at radius 1 is 1.08 bits per heavy atom. The van der Waals surface area contributed by atoms with E-state index in [2.05, 4.69) is 18.1 Å². The van der Waals surface area contributed by atoms with Gasteiger partial charge < -0.3 is 0 Å². The average molecular weight is 152 g/mol. The number of rotatable bonds is 1. The summed E-state index contributed by atoms with van der Waals surface area (Å²) in [6.07, 6.45) is 5.35. The first-order valence-corrected chi connectivity index (χ1v) is 3.86. The van der Waals surface area contributed by atoms with E-state index in [1.165, 1.54) is 5.56 Å². The van der Waals surface area contributed by atoms with Gasteiger partial charge in [0.1, 0.15) is 0 Å². The Morgan fingerprint density at radius 3 is 2.50 bits per heavy atom. The molecule has 0 aromatic heterocycles. The highest BCUT2D eigenvalue weighted by molar-refractivity contribution is 5.72. The van der Waals surface area contributed by atoms with Crippen molar-refractivity contribution < 1.29 is 0 Å². The molecule has 2 rings (SSSR count). The summed E-state index contributed by atoms with van der Waals surface area (Å²) >= 11 is 0. The Morgan fingerprint density at radius 2 is 1.83 bits per heavy atom.